The zero-order valence-corrected chi connectivity index (χ0v) is 13.4. The van der Waals surface area contributed by atoms with E-state index in [2.05, 4.69) is 27.8 Å². The summed E-state index contributed by atoms with van der Waals surface area (Å²) in [6.45, 7) is 6.98. The number of piperidine rings is 1. The molecule has 2 rings (SSSR count). The van der Waals surface area contributed by atoms with Crippen LogP contribution in [0.5, 0.6) is 5.75 Å². The third kappa shape index (κ3) is 5.53. The molecular formula is C16H24BrNO. The maximum atomic E-state index is 5.75. The van der Waals surface area contributed by atoms with Crippen LogP contribution in [0.4, 0.5) is 0 Å². The minimum absolute atomic E-state index is 0.819. The van der Waals surface area contributed by atoms with Gasteiger partial charge < -0.3 is 9.64 Å². The van der Waals surface area contributed by atoms with E-state index in [0.29, 0.717) is 0 Å². The van der Waals surface area contributed by atoms with E-state index in [1.807, 2.05) is 24.3 Å². The zero-order valence-electron chi connectivity index (χ0n) is 11.8. The Hall–Kier alpha value is -0.540. The van der Waals surface area contributed by atoms with Crippen molar-refractivity contribution < 1.29 is 4.74 Å². The SMILES string of the molecule is C[C@@H]1CCCN(CCCCOc2cccc(Br)c2)C1. The van der Waals surface area contributed by atoms with E-state index in [1.54, 1.807) is 0 Å². The van der Waals surface area contributed by atoms with Crippen LogP contribution in [0.15, 0.2) is 28.7 Å². The monoisotopic (exact) mass is 325 g/mol. The van der Waals surface area contributed by atoms with E-state index in [1.165, 1.54) is 38.9 Å². The lowest BCUT2D eigenvalue weighted by Crippen LogP contribution is -2.35. The summed E-state index contributed by atoms with van der Waals surface area (Å²) in [5.74, 6) is 1.84. The lowest BCUT2D eigenvalue weighted by molar-refractivity contribution is 0.177. The number of rotatable bonds is 6. The molecular weight excluding hydrogens is 302 g/mol. The van der Waals surface area contributed by atoms with Gasteiger partial charge in [0.05, 0.1) is 6.61 Å². The minimum Gasteiger partial charge on any atom is -0.494 e. The van der Waals surface area contributed by atoms with Gasteiger partial charge in [-0.3, -0.25) is 0 Å². The molecule has 0 bridgehead atoms. The number of ether oxygens (including phenoxy) is 1. The molecule has 1 heterocycles. The summed E-state index contributed by atoms with van der Waals surface area (Å²) < 4.78 is 6.83. The number of hydrogen-bond donors (Lipinski definition) is 0. The molecule has 1 fully saturated rings. The summed E-state index contributed by atoms with van der Waals surface area (Å²) >= 11 is 3.46. The molecule has 3 heteroatoms. The van der Waals surface area contributed by atoms with E-state index in [4.69, 9.17) is 4.74 Å². The molecule has 1 saturated heterocycles. The minimum atomic E-state index is 0.819. The molecule has 2 nitrogen and oxygen atoms in total. The second kappa shape index (κ2) is 7.91. The van der Waals surface area contributed by atoms with Crippen LogP contribution in [0, 0.1) is 5.92 Å². The van der Waals surface area contributed by atoms with E-state index in [9.17, 15) is 0 Å². The average molecular weight is 326 g/mol. The molecule has 0 aliphatic carbocycles. The standard InChI is InChI=1S/C16H24BrNO/c1-14-6-5-10-18(13-14)9-2-3-11-19-16-8-4-7-15(17)12-16/h4,7-8,12,14H,2-3,5-6,9-11,13H2,1H3/t14-/m1/s1. The molecule has 0 radical (unpaired) electrons. The smallest absolute Gasteiger partial charge is 0.120 e. The first-order chi connectivity index (χ1) is 9.24. The van der Waals surface area contributed by atoms with Crippen molar-refractivity contribution in [2.75, 3.05) is 26.2 Å². The second-order valence-electron chi connectivity index (χ2n) is 5.56. The fraction of sp³-hybridized carbons (Fsp3) is 0.625. The Kier molecular flexibility index (Phi) is 6.18. The Balaban J connectivity index is 1.57. The Morgan fingerprint density at radius 3 is 3.05 bits per heavy atom. The number of unbranched alkanes of at least 4 members (excludes halogenated alkanes) is 1. The summed E-state index contributed by atoms with van der Waals surface area (Å²) in [4.78, 5) is 2.60. The molecule has 1 aliphatic rings. The molecule has 0 N–H and O–H groups in total. The Labute approximate surface area is 125 Å². The van der Waals surface area contributed by atoms with Gasteiger partial charge in [-0.15, -0.1) is 0 Å². The summed E-state index contributed by atoms with van der Waals surface area (Å²) in [5.41, 5.74) is 0. The number of halogens is 1. The first kappa shape index (κ1) is 14.9. The topological polar surface area (TPSA) is 12.5 Å². The third-order valence-corrected chi connectivity index (χ3v) is 4.17. The summed E-state index contributed by atoms with van der Waals surface area (Å²) in [6, 6.07) is 8.06. The average Bonchev–Trinajstić information content (AvgIpc) is 2.38. The van der Waals surface area contributed by atoms with Gasteiger partial charge in [0.2, 0.25) is 0 Å². The predicted octanol–water partition coefficient (Wildman–Crippen LogP) is 4.34. The highest BCUT2D eigenvalue weighted by molar-refractivity contribution is 9.10. The van der Waals surface area contributed by atoms with E-state index < -0.39 is 0 Å². The van der Waals surface area contributed by atoms with Crippen molar-refractivity contribution in [3.05, 3.63) is 28.7 Å². The van der Waals surface area contributed by atoms with Crippen LogP contribution in [-0.2, 0) is 0 Å². The van der Waals surface area contributed by atoms with Crippen LogP contribution >= 0.6 is 15.9 Å². The Bertz CT molecular complexity index is 383. The number of hydrogen-bond acceptors (Lipinski definition) is 2. The maximum Gasteiger partial charge on any atom is 0.120 e. The second-order valence-corrected chi connectivity index (χ2v) is 6.48. The van der Waals surface area contributed by atoms with Crippen LogP contribution in [0.1, 0.15) is 32.6 Å². The van der Waals surface area contributed by atoms with Gasteiger partial charge in [0.25, 0.3) is 0 Å². The van der Waals surface area contributed by atoms with Gasteiger partial charge in [-0.1, -0.05) is 28.9 Å². The molecule has 1 aromatic carbocycles. The lowest BCUT2D eigenvalue weighted by atomic mass is 10.0. The largest absolute Gasteiger partial charge is 0.494 e. The van der Waals surface area contributed by atoms with Gasteiger partial charge in [-0.05, 0) is 62.9 Å². The molecule has 0 saturated carbocycles. The van der Waals surface area contributed by atoms with Crippen LogP contribution in [-0.4, -0.2) is 31.1 Å². The van der Waals surface area contributed by atoms with Crippen molar-refractivity contribution in [1.82, 2.24) is 4.90 Å². The highest BCUT2D eigenvalue weighted by atomic mass is 79.9. The highest BCUT2D eigenvalue weighted by Crippen LogP contribution is 2.18. The van der Waals surface area contributed by atoms with Crippen LogP contribution in [0.3, 0.4) is 0 Å². The normalized spacial score (nSPS) is 20.4. The predicted molar refractivity (Wildman–Crippen MR) is 83.7 cm³/mol. The highest BCUT2D eigenvalue weighted by Gasteiger charge is 2.15. The van der Waals surface area contributed by atoms with Crippen LogP contribution < -0.4 is 4.74 Å². The van der Waals surface area contributed by atoms with Crippen LogP contribution in [0.2, 0.25) is 0 Å². The van der Waals surface area contributed by atoms with Gasteiger partial charge in [0.15, 0.2) is 0 Å². The zero-order chi connectivity index (χ0) is 13.5. The molecule has 0 unspecified atom stereocenters. The molecule has 1 aliphatic heterocycles. The lowest BCUT2D eigenvalue weighted by Gasteiger charge is -2.30. The third-order valence-electron chi connectivity index (χ3n) is 3.67. The summed E-state index contributed by atoms with van der Waals surface area (Å²) in [7, 11) is 0. The quantitative estimate of drug-likeness (QED) is 0.721. The first-order valence-electron chi connectivity index (χ1n) is 7.35. The van der Waals surface area contributed by atoms with Gasteiger partial charge in [0.1, 0.15) is 5.75 Å². The van der Waals surface area contributed by atoms with Gasteiger partial charge in [-0.2, -0.15) is 0 Å². The molecule has 0 spiro atoms. The van der Waals surface area contributed by atoms with Crippen molar-refractivity contribution in [3.63, 3.8) is 0 Å². The van der Waals surface area contributed by atoms with Crippen molar-refractivity contribution >= 4 is 15.9 Å². The Morgan fingerprint density at radius 1 is 1.37 bits per heavy atom. The maximum absolute atomic E-state index is 5.75. The molecule has 0 amide bonds. The van der Waals surface area contributed by atoms with Crippen LogP contribution in [0.25, 0.3) is 0 Å². The van der Waals surface area contributed by atoms with E-state index >= 15 is 0 Å². The number of likely N-dealkylation sites (tertiary alicyclic amines) is 1. The molecule has 106 valence electrons. The van der Waals surface area contributed by atoms with Crippen molar-refractivity contribution in [1.29, 1.82) is 0 Å². The van der Waals surface area contributed by atoms with Gasteiger partial charge in [0, 0.05) is 11.0 Å². The summed E-state index contributed by atoms with van der Waals surface area (Å²) in [6.07, 6.45) is 5.15. The Morgan fingerprint density at radius 2 is 2.26 bits per heavy atom. The van der Waals surface area contributed by atoms with Crippen molar-refractivity contribution in [2.24, 2.45) is 5.92 Å². The van der Waals surface area contributed by atoms with Crippen molar-refractivity contribution in [3.8, 4) is 5.75 Å². The van der Waals surface area contributed by atoms with Gasteiger partial charge >= 0.3 is 0 Å². The van der Waals surface area contributed by atoms with Gasteiger partial charge in [-0.25, -0.2) is 0 Å². The molecule has 1 aromatic rings. The first-order valence-corrected chi connectivity index (χ1v) is 8.14. The molecule has 1 atom stereocenters. The number of benzene rings is 1. The summed E-state index contributed by atoms with van der Waals surface area (Å²) in [5, 5.41) is 0. The fourth-order valence-electron chi connectivity index (χ4n) is 2.67. The van der Waals surface area contributed by atoms with E-state index in [-0.39, 0.29) is 0 Å². The number of nitrogens with zero attached hydrogens (tertiary/aromatic N) is 1. The van der Waals surface area contributed by atoms with E-state index in [0.717, 1.165) is 29.2 Å². The molecule has 0 aromatic heterocycles. The molecule has 19 heavy (non-hydrogen) atoms. The van der Waals surface area contributed by atoms with Crippen molar-refractivity contribution in [2.45, 2.75) is 32.6 Å². The fourth-order valence-corrected chi connectivity index (χ4v) is 3.05.